The third-order valence-corrected chi connectivity index (χ3v) is 4.57. The third kappa shape index (κ3) is 3.21. The van der Waals surface area contributed by atoms with Gasteiger partial charge in [-0.3, -0.25) is 4.90 Å². The predicted octanol–water partition coefficient (Wildman–Crippen LogP) is 2.63. The highest BCUT2D eigenvalue weighted by molar-refractivity contribution is 4.83. The lowest BCUT2D eigenvalue weighted by atomic mass is 9.84. The number of hydrogen-bond acceptors (Lipinski definition) is 2. The van der Waals surface area contributed by atoms with Crippen molar-refractivity contribution in [3.8, 4) is 0 Å². The number of likely N-dealkylation sites (tertiary alicyclic amines) is 1. The summed E-state index contributed by atoms with van der Waals surface area (Å²) in [5, 5.41) is 0. The summed E-state index contributed by atoms with van der Waals surface area (Å²) in [6.45, 7) is 5.81. The van der Waals surface area contributed by atoms with Crippen LogP contribution in [0.2, 0.25) is 0 Å². The second-order valence-electron chi connectivity index (χ2n) is 6.02. The molecular formula is C14H28N2. The highest BCUT2D eigenvalue weighted by Gasteiger charge is 2.27. The van der Waals surface area contributed by atoms with Crippen LogP contribution in [0, 0.1) is 11.8 Å². The lowest BCUT2D eigenvalue weighted by Crippen LogP contribution is -2.40. The molecule has 1 aliphatic carbocycles. The average Bonchev–Trinajstić information content (AvgIpc) is 2.74. The van der Waals surface area contributed by atoms with E-state index in [0.717, 1.165) is 18.4 Å². The molecule has 0 amide bonds. The maximum atomic E-state index is 5.97. The fraction of sp³-hybridized carbons (Fsp3) is 1.00. The SMILES string of the molecule is CC1CCN(C(CN)CC2CCCCC2)C1. The lowest BCUT2D eigenvalue weighted by Gasteiger charge is -2.31. The monoisotopic (exact) mass is 224 g/mol. The van der Waals surface area contributed by atoms with Gasteiger partial charge in [-0.05, 0) is 31.2 Å². The first-order valence-corrected chi connectivity index (χ1v) is 7.23. The standard InChI is InChI=1S/C14H28N2/c1-12-7-8-16(11-12)14(10-15)9-13-5-3-2-4-6-13/h12-14H,2-11,15H2,1H3. The molecular weight excluding hydrogens is 196 g/mol. The van der Waals surface area contributed by atoms with E-state index in [-0.39, 0.29) is 0 Å². The first-order chi connectivity index (χ1) is 7.79. The fourth-order valence-electron chi connectivity index (χ4n) is 3.50. The van der Waals surface area contributed by atoms with E-state index in [1.807, 2.05) is 0 Å². The van der Waals surface area contributed by atoms with Crippen LogP contribution in [-0.2, 0) is 0 Å². The van der Waals surface area contributed by atoms with Gasteiger partial charge >= 0.3 is 0 Å². The summed E-state index contributed by atoms with van der Waals surface area (Å²) in [6, 6.07) is 0.674. The summed E-state index contributed by atoms with van der Waals surface area (Å²) in [5.41, 5.74) is 5.97. The van der Waals surface area contributed by atoms with Gasteiger partial charge in [0.25, 0.3) is 0 Å². The summed E-state index contributed by atoms with van der Waals surface area (Å²) >= 11 is 0. The van der Waals surface area contributed by atoms with E-state index in [0.29, 0.717) is 6.04 Å². The van der Waals surface area contributed by atoms with Crippen LogP contribution >= 0.6 is 0 Å². The van der Waals surface area contributed by atoms with Gasteiger partial charge in [-0.15, -0.1) is 0 Å². The van der Waals surface area contributed by atoms with E-state index < -0.39 is 0 Å². The summed E-state index contributed by atoms with van der Waals surface area (Å²) in [5.74, 6) is 1.86. The molecule has 1 saturated heterocycles. The Kier molecular flexibility index (Phi) is 4.66. The normalized spacial score (nSPS) is 30.8. The smallest absolute Gasteiger partial charge is 0.0221 e. The van der Waals surface area contributed by atoms with Crippen molar-refractivity contribution < 1.29 is 0 Å². The zero-order chi connectivity index (χ0) is 11.4. The van der Waals surface area contributed by atoms with Crippen LogP contribution in [0.1, 0.15) is 51.9 Å². The van der Waals surface area contributed by atoms with Gasteiger partial charge < -0.3 is 5.73 Å². The Labute approximate surface area is 101 Å². The van der Waals surface area contributed by atoms with E-state index in [4.69, 9.17) is 5.73 Å². The molecule has 0 aromatic heterocycles. The van der Waals surface area contributed by atoms with Crippen LogP contribution in [0.25, 0.3) is 0 Å². The molecule has 2 fully saturated rings. The molecule has 1 saturated carbocycles. The van der Waals surface area contributed by atoms with Crippen LogP contribution in [0.3, 0.4) is 0 Å². The van der Waals surface area contributed by atoms with Crippen molar-refractivity contribution in [1.82, 2.24) is 4.90 Å². The first-order valence-electron chi connectivity index (χ1n) is 7.23. The molecule has 94 valence electrons. The Bertz CT molecular complexity index is 199. The molecule has 1 aliphatic heterocycles. The Hall–Kier alpha value is -0.0800. The third-order valence-electron chi connectivity index (χ3n) is 4.57. The van der Waals surface area contributed by atoms with Gasteiger partial charge in [0.15, 0.2) is 0 Å². The Morgan fingerprint density at radius 3 is 2.50 bits per heavy atom. The molecule has 0 bridgehead atoms. The minimum atomic E-state index is 0.674. The van der Waals surface area contributed by atoms with Crippen molar-refractivity contribution in [3.05, 3.63) is 0 Å². The number of rotatable bonds is 4. The highest BCUT2D eigenvalue weighted by Crippen LogP contribution is 2.29. The van der Waals surface area contributed by atoms with Gasteiger partial charge in [-0.25, -0.2) is 0 Å². The summed E-state index contributed by atoms with van der Waals surface area (Å²) in [4.78, 5) is 2.65. The molecule has 2 aliphatic rings. The zero-order valence-electron chi connectivity index (χ0n) is 10.8. The largest absolute Gasteiger partial charge is 0.329 e. The van der Waals surface area contributed by atoms with Crippen LogP contribution in [-0.4, -0.2) is 30.6 Å². The molecule has 2 heteroatoms. The van der Waals surface area contributed by atoms with Crippen molar-refractivity contribution in [2.45, 2.75) is 57.9 Å². The second-order valence-corrected chi connectivity index (χ2v) is 6.02. The molecule has 2 atom stereocenters. The molecule has 2 rings (SSSR count). The highest BCUT2D eigenvalue weighted by atomic mass is 15.2. The van der Waals surface area contributed by atoms with E-state index in [9.17, 15) is 0 Å². The van der Waals surface area contributed by atoms with Gasteiger partial charge in [0.2, 0.25) is 0 Å². The van der Waals surface area contributed by atoms with E-state index >= 15 is 0 Å². The topological polar surface area (TPSA) is 29.3 Å². The minimum Gasteiger partial charge on any atom is -0.329 e. The van der Waals surface area contributed by atoms with Crippen LogP contribution in [0.5, 0.6) is 0 Å². The second kappa shape index (κ2) is 6.02. The van der Waals surface area contributed by atoms with E-state index in [2.05, 4.69) is 11.8 Å². The number of nitrogens with zero attached hydrogens (tertiary/aromatic N) is 1. The maximum Gasteiger partial charge on any atom is 0.0221 e. The van der Waals surface area contributed by atoms with Crippen molar-refractivity contribution in [2.75, 3.05) is 19.6 Å². The fourth-order valence-corrected chi connectivity index (χ4v) is 3.50. The Balaban J connectivity index is 1.80. The first kappa shape index (κ1) is 12.4. The van der Waals surface area contributed by atoms with Crippen molar-refractivity contribution in [1.29, 1.82) is 0 Å². The molecule has 2 N–H and O–H groups in total. The summed E-state index contributed by atoms with van der Waals surface area (Å²) in [7, 11) is 0. The van der Waals surface area contributed by atoms with Crippen molar-refractivity contribution >= 4 is 0 Å². The van der Waals surface area contributed by atoms with Crippen LogP contribution in [0.15, 0.2) is 0 Å². The molecule has 0 spiro atoms. The summed E-state index contributed by atoms with van der Waals surface area (Å²) < 4.78 is 0. The number of hydrogen-bond donors (Lipinski definition) is 1. The quantitative estimate of drug-likeness (QED) is 0.795. The van der Waals surface area contributed by atoms with Gasteiger partial charge in [0.05, 0.1) is 0 Å². The van der Waals surface area contributed by atoms with E-state index in [1.54, 1.807) is 0 Å². The zero-order valence-corrected chi connectivity index (χ0v) is 10.8. The minimum absolute atomic E-state index is 0.674. The van der Waals surface area contributed by atoms with Crippen LogP contribution < -0.4 is 5.73 Å². The molecule has 2 unspecified atom stereocenters. The Morgan fingerprint density at radius 1 is 1.19 bits per heavy atom. The molecule has 0 aromatic rings. The van der Waals surface area contributed by atoms with E-state index in [1.165, 1.54) is 58.0 Å². The van der Waals surface area contributed by atoms with Gasteiger partial charge in [0.1, 0.15) is 0 Å². The summed E-state index contributed by atoms with van der Waals surface area (Å²) in [6.07, 6.45) is 10.0. The molecule has 0 aromatic carbocycles. The lowest BCUT2D eigenvalue weighted by molar-refractivity contribution is 0.186. The molecule has 1 heterocycles. The van der Waals surface area contributed by atoms with Gasteiger partial charge in [-0.2, -0.15) is 0 Å². The van der Waals surface area contributed by atoms with Crippen molar-refractivity contribution in [3.63, 3.8) is 0 Å². The predicted molar refractivity (Wildman–Crippen MR) is 69.4 cm³/mol. The van der Waals surface area contributed by atoms with Gasteiger partial charge in [0, 0.05) is 19.1 Å². The van der Waals surface area contributed by atoms with Crippen molar-refractivity contribution in [2.24, 2.45) is 17.6 Å². The molecule has 2 nitrogen and oxygen atoms in total. The maximum absolute atomic E-state index is 5.97. The molecule has 16 heavy (non-hydrogen) atoms. The number of nitrogens with two attached hydrogens (primary N) is 1. The average molecular weight is 224 g/mol. The molecule has 0 radical (unpaired) electrons. The van der Waals surface area contributed by atoms with Gasteiger partial charge in [-0.1, -0.05) is 39.0 Å². The van der Waals surface area contributed by atoms with Crippen LogP contribution in [0.4, 0.5) is 0 Å². The Morgan fingerprint density at radius 2 is 1.94 bits per heavy atom.